The van der Waals surface area contributed by atoms with Gasteiger partial charge < -0.3 is 10.2 Å². The zero-order chi connectivity index (χ0) is 22.9. The van der Waals surface area contributed by atoms with Gasteiger partial charge in [0.05, 0.1) is 18.2 Å². The van der Waals surface area contributed by atoms with E-state index in [2.05, 4.69) is 10.4 Å². The van der Waals surface area contributed by atoms with Gasteiger partial charge in [-0.05, 0) is 44.0 Å². The summed E-state index contributed by atoms with van der Waals surface area (Å²) in [6.07, 6.45) is 2.26. The number of nitrogens with zero attached hydrogens (tertiary/aromatic N) is 4. The molecule has 1 saturated heterocycles. The maximum Gasteiger partial charge on any atom is 0.350 e. The Hall–Kier alpha value is -3.68. The van der Waals surface area contributed by atoms with Crippen LogP contribution in [0.25, 0.3) is 5.69 Å². The lowest BCUT2D eigenvalue weighted by molar-refractivity contribution is -0.126. The molecule has 8 nitrogen and oxygen atoms in total. The molecule has 3 aromatic rings. The molecule has 33 heavy (non-hydrogen) atoms. The quantitative estimate of drug-likeness (QED) is 0.605. The topological polar surface area (TPSA) is 89.2 Å². The fraction of sp³-hybridized carbons (Fsp3) is 0.360. The molecule has 2 heterocycles. The molecule has 1 unspecified atom stereocenters. The van der Waals surface area contributed by atoms with Gasteiger partial charge in [0, 0.05) is 31.1 Å². The molecule has 0 spiro atoms. The van der Waals surface area contributed by atoms with Gasteiger partial charge in [-0.1, -0.05) is 35.9 Å². The molecule has 1 aromatic heterocycles. The second-order valence-electron chi connectivity index (χ2n) is 8.84. The number of carbonyl (C=O) groups excluding carboxylic acids is 2. The van der Waals surface area contributed by atoms with Crippen LogP contribution >= 0.6 is 0 Å². The van der Waals surface area contributed by atoms with E-state index in [1.807, 2.05) is 61.5 Å². The lowest BCUT2D eigenvalue weighted by Gasteiger charge is -2.17. The van der Waals surface area contributed by atoms with Crippen LogP contribution in [0, 0.1) is 12.8 Å². The van der Waals surface area contributed by atoms with Crippen molar-refractivity contribution in [2.24, 2.45) is 5.92 Å². The standard InChI is InChI=1S/C25H27N5O3/c1-17-7-11-20(12-8-17)28-16-19(15-22(28)31)24(32)26-13-14-29-25(33)30(21-5-3-2-4-6-21)23(27-29)18-9-10-18/h2-8,11-12,18-19H,9-10,13-16H2,1H3,(H,26,32). The summed E-state index contributed by atoms with van der Waals surface area (Å²) in [5.41, 5.74) is 2.54. The van der Waals surface area contributed by atoms with Crippen LogP contribution in [0.1, 0.15) is 36.6 Å². The molecule has 1 saturated carbocycles. The van der Waals surface area contributed by atoms with Crippen molar-refractivity contribution >= 4 is 17.5 Å². The van der Waals surface area contributed by atoms with E-state index in [4.69, 9.17) is 0 Å². The van der Waals surface area contributed by atoms with Gasteiger partial charge in [0.25, 0.3) is 0 Å². The summed E-state index contributed by atoms with van der Waals surface area (Å²) in [7, 11) is 0. The molecular weight excluding hydrogens is 418 g/mol. The second kappa shape index (κ2) is 8.69. The summed E-state index contributed by atoms with van der Waals surface area (Å²) in [6, 6.07) is 17.2. The smallest absolute Gasteiger partial charge is 0.350 e. The van der Waals surface area contributed by atoms with E-state index in [1.165, 1.54) is 4.68 Å². The molecule has 0 bridgehead atoms. The first-order valence-electron chi connectivity index (χ1n) is 11.4. The summed E-state index contributed by atoms with van der Waals surface area (Å²) in [6.45, 7) is 2.92. The molecule has 1 N–H and O–H groups in total. The number of benzene rings is 2. The van der Waals surface area contributed by atoms with Crippen molar-refractivity contribution < 1.29 is 9.59 Å². The molecule has 0 radical (unpaired) electrons. The fourth-order valence-electron chi connectivity index (χ4n) is 4.28. The van der Waals surface area contributed by atoms with Crippen LogP contribution in [0.5, 0.6) is 0 Å². The molecule has 2 aromatic carbocycles. The van der Waals surface area contributed by atoms with E-state index in [0.717, 1.165) is 35.6 Å². The Morgan fingerprint density at radius 1 is 1.03 bits per heavy atom. The van der Waals surface area contributed by atoms with Crippen molar-refractivity contribution in [3.8, 4) is 5.69 Å². The Balaban J connectivity index is 1.22. The molecule has 8 heteroatoms. The molecule has 1 atom stereocenters. The molecule has 2 fully saturated rings. The van der Waals surface area contributed by atoms with Crippen molar-refractivity contribution in [3.05, 3.63) is 76.5 Å². The number of hydrogen-bond donors (Lipinski definition) is 1. The first-order valence-corrected chi connectivity index (χ1v) is 11.4. The average molecular weight is 446 g/mol. The lowest BCUT2D eigenvalue weighted by atomic mass is 10.1. The molecule has 2 amide bonds. The third kappa shape index (κ3) is 4.33. The van der Waals surface area contributed by atoms with Gasteiger partial charge >= 0.3 is 5.69 Å². The van der Waals surface area contributed by atoms with Crippen molar-refractivity contribution in [2.45, 2.75) is 38.6 Å². The van der Waals surface area contributed by atoms with Gasteiger partial charge in [-0.25, -0.2) is 14.0 Å². The minimum Gasteiger partial charge on any atom is -0.354 e. The number of nitrogens with one attached hydrogen (secondary N) is 1. The highest BCUT2D eigenvalue weighted by Gasteiger charge is 2.35. The Morgan fingerprint density at radius 3 is 2.45 bits per heavy atom. The number of amides is 2. The van der Waals surface area contributed by atoms with E-state index in [0.29, 0.717) is 12.5 Å². The van der Waals surface area contributed by atoms with Crippen LogP contribution in [0.4, 0.5) is 5.69 Å². The molecule has 2 aliphatic rings. The number of aryl methyl sites for hydroxylation is 1. The van der Waals surface area contributed by atoms with Crippen molar-refractivity contribution in [1.82, 2.24) is 19.7 Å². The minimum atomic E-state index is -0.403. The largest absolute Gasteiger partial charge is 0.354 e. The maximum absolute atomic E-state index is 13.0. The van der Waals surface area contributed by atoms with E-state index in [-0.39, 0.29) is 37.0 Å². The normalized spacial score (nSPS) is 18.0. The SMILES string of the molecule is Cc1ccc(N2CC(C(=O)NCCn3nc(C4CC4)n(-c4ccccc4)c3=O)CC2=O)cc1. The fourth-order valence-corrected chi connectivity index (χ4v) is 4.28. The van der Waals surface area contributed by atoms with E-state index >= 15 is 0 Å². The second-order valence-corrected chi connectivity index (χ2v) is 8.84. The van der Waals surface area contributed by atoms with Crippen molar-refractivity contribution in [2.75, 3.05) is 18.0 Å². The molecule has 170 valence electrons. The average Bonchev–Trinajstić information content (AvgIpc) is 3.52. The number of rotatable bonds is 7. The predicted octanol–water partition coefficient (Wildman–Crippen LogP) is 2.39. The van der Waals surface area contributed by atoms with Gasteiger partial charge in [-0.3, -0.25) is 9.59 Å². The number of anilines is 1. The minimum absolute atomic E-state index is 0.0501. The van der Waals surface area contributed by atoms with E-state index < -0.39 is 5.92 Å². The van der Waals surface area contributed by atoms with Crippen LogP contribution in [0.2, 0.25) is 0 Å². The molecule has 1 aliphatic heterocycles. The highest BCUT2D eigenvalue weighted by molar-refractivity contribution is 6.00. The zero-order valence-electron chi connectivity index (χ0n) is 18.6. The first-order chi connectivity index (χ1) is 16.0. The summed E-state index contributed by atoms with van der Waals surface area (Å²) < 4.78 is 3.11. The molecule has 5 rings (SSSR count). The van der Waals surface area contributed by atoms with Crippen LogP contribution in [-0.2, 0) is 16.1 Å². The Bertz CT molecular complexity index is 1230. The number of carbonyl (C=O) groups is 2. The Labute approximate surface area is 191 Å². The van der Waals surface area contributed by atoms with Gasteiger partial charge in [-0.2, -0.15) is 5.10 Å². The lowest BCUT2D eigenvalue weighted by Crippen LogP contribution is -2.36. The van der Waals surface area contributed by atoms with Crippen LogP contribution < -0.4 is 15.9 Å². The van der Waals surface area contributed by atoms with Crippen LogP contribution in [0.3, 0.4) is 0 Å². The molecular formula is C25H27N5O3. The summed E-state index contributed by atoms with van der Waals surface area (Å²) in [5, 5.41) is 7.46. The van der Waals surface area contributed by atoms with Gasteiger partial charge in [0.15, 0.2) is 0 Å². The number of aromatic nitrogens is 3. The third-order valence-corrected chi connectivity index (χ3v) is 6.29. The number of hydrogen-bond acceptors (Lipinski definition) is 4. The highest BCUT2D eigenvalue weighted by atomic mass is 16.2. The zero-order valence-corrected chi connectivity index (χ0v) is 18.6. The van der Waals surface area contributed by atoms with Gasteiger partial charge in [0.1, 0.15) is 5.82 Å². The monoisotopic (exact) mass is 445 g/mol. The highest BCUT2D eigenvalue weighted by Crippen LogP contribution is 2.39. The van der Waals surface area contributed by atoms with E-state index in [1.54, 1.807) is 9.47 Å². The molecule has 1 aliphatic carbocycles. The van der Waals surface area contributed by atoms with Crippen LogP contribution in [-0.4, -0.2) is 39.3 Å². The van der Waals surface area contributed by atoms with E-state index in [9.17, 15) is 14.4 Å². The third-order valence-electron chi connectivity index (χ3n) is 6.29. The van der Waals surface area contributed by atoms with Crippen LogP contribution in [0.15, 0.2) is 59.4 Å². The number of para-hydroxylation sites is 1. The first kappa shape index (κ1) is 21.2. The Kier molecular flexibility index (Phi) is 5.58. The van der Waals surface area contributed by atoms with Crippen molar-refractivity contribution in [3.63, 3.8) is 0 Å². The summed E-state index contributed by atoms with van der Waals surface area (Å²) in [5.74, 6) is 0.472. The van der Waals surface area contributed by atoms with Gasteiger partial charge in [0.2, 0.25) is 11.8 Å². The summed E-state index contributed by atoms with van der Waals surface area (Å²) >= 11 is 0. The van der Waals surface area contributed by atoms with Crippen molar-refractivity contribution in [1.29, 1.82) is 0 Å². The maximum atomic E-state index is 13.0. The Morgan fingerprint density at radius 2 is 1.76 bits per heavy atom. The predicted molar refractivity (Wildman–Crippen MR) is 124 cm³/mol. The van der Waals surface area contributed by atoms with Gasteiger partial charge in [-0.15, -0.1) is 0 Å². The summed E-state index contributed by atoms with van der Waals surface area (Å²) in [4.78, 5) is 39.8.